The zero-order chi connectivity index (χ0) is 14.3. The van der Waals surface area contributed by atoms with Crippen LogP contribution in [0.4, 0.5) is 0 Å². The van der Waals surface area contributed by atoms with Gasteiger partial charge in [0.15, 0.2) is 0 Å². The number of hydrogen-bond acceptors (Lipinski definition) is 3. The molecule has 0 saturated heterocycles. The average molecular weight is 263 g/mol. The molecule has 19 heavy (non-hydrogen) atoms. The summed E-state index contributed by atoms with van der Waals surface area (Å²) in [5, 5.41) is 0. The third kappa shape index (κ3) is 5.43. The predicted octanol–water partition coefficient (Wildman–Crippen LogP) is 3.27. The number of nitrogens with zero attached hydrogens (tertiary/aromatic N) is 1. The highest BCUT2D eigenvalue weighted by Crippen LogP contribution is 2.19. The molecule has 1 atom stereocenters. The van der Waals surface area contributed by atoms with Gasteiger partial charge in [0.1, 0.15) is 6.10 Å². The standard InChI is InChI=1S/C16H25NO2/c1-13(2)10-17(14(3)4)11-16(19-12-18)15-8-6-5-7-9-15/h5-9,12-14,16H,10-11H2,1-4H3/t16-/m1/s1. The van der Waals surface area contributed by atoms with Crippen LogP contribution >= 0.6 is 0 Å². The van der Waals surface area contributed by atoms with Crippen LogP contribution in [0.5, 0.6) is 0 Å². The Bertz CT molecular complexity index is 362. The molecule has 3 heteroatoms. The van der Waals surface area contributed by atoms with Crippen molar-refractivity contribution in [3.8, 4) is 0 Å². The summed E-state index contributed by atoms with van der Waals surface area (Å²) in [6.07, 6.45) is -0.195. The SMILES string of the molecule is CC(C)CN(C[C@@H](OC=O)c1ccccc1)C(C)C. The average Bonchev–Trinajstić information content (AvgIpc) is 2.37. The van der Waals surface area contributed by atoms with Gasteiger partial charge >= 0.3 is 0 Å². The first kappa shape index (κ1) is 15.7. The number of carbonyl (C=O) groups excluding carboxylic acids is 1. The largest absolute Gasteiger partial charge is 0.458 e. The van der Waals surface area contributed by atoms with Gasteiger partial charge in [-0.25, -0.2) is 0 Å². The fourth-order valence-corrected chi connectivity index (χ4v) is 2.14. The van der Waals surface area contributed by atoms with Gasteiger partial charge in [0.2, 0.25) is 0 Å². The van der Waals surface area contributed by atoms with Gasteiger partial charge in [-0.3, -0.25) is 9.69 Å². The molecule has 0 aromatic heterocycles. The third-order valence-electron chi connectivity index (χ3n) is 3.12. The molecule has 0 fully saturated rings. The Morgan fingerprint density at radius 2 is 1.74 bits per heavy atom. The molecule has 0 aliphatic carbocycles. The Kier molecular flexibility index (Phi) is 6.57. The minimum atomic E-state index is -0.195. The summed E-state index contributed by atoms with van der Waals surface area (Å²) in [4.78, 5) is 13.1. The Hall–Kier alpha value is -1.35. The zero-order valence-electron chi connectivity index (χ0n) is 12.4. The van der Waals surface area contributed by atoms with Crippen molar-refractivity contribution in [1.29, 1.82) is 0 Å². The van der Waals surface area contributed by atoms with E-state index in [0.717, 1.165) is 18.7 Å². The van der Waals surface area contributed by atoms with Crippen LogP contribution in [0.1, 0.15) is 39.4 Å². The molecule has 0 amide bonds. The number of hydrogen-bond donors (Lipinski definition) is 0. The Balaban J connectivity index is 2.78. The van der Waals surface area contributed by atoms with Crippen molar-refractivity contribution < 1.29 is 9.53 Å². The van der Waals surface area contributed by atoms with Gasteiger partial charge in [0.05, 0.1) is 0 Å². The fraction of sp³-hybridized carbons (Fsp3) is 0.562. The van der Waals surface area contributed by atoms with Crippen molar-refractivity contribution in [3.05, 3.63) is 35.9 Å². The Morgan fingerprint density at radius 1 is 1.11 bits per heavy atom. The minimum Gasteiger partial charge on any atom is -0.458 e. The van der Waals surface area contributed by atoms with Gasteiger partial charge in [0, 0.05) is 19.1 Å². The molecule has 1 aromatic rings. The van der Waals surface area contributed by atoms with Crippen LogP contribution in [0, 0.1) is 5.92 Å². The van der Waals surface area contributed by atoms with Gasteiger partial charge in [0.25, 0.3) is 6.47 Å². The maximum Gasteiger partial charge on any atom is 0.293 e. The van der Waals surface area contributed by atoms with Crippen LogP contribution in [0.2, 0.25) is 0 Å². The lowest BCUT2D eigenvalue weighted by atomic mass is 10.1. The number of carbonyl (C=O) groups is 1. The highest BCUT2D eigenvalue weighted by atomic mass is 16.5. The van der Waals surface area contributed by atoms with Gasteiger partial charge in [-0.15, -0.1) is 0 Å². The van der Waals surface area contributed by atoms with Crippen molar-refractivity contribution in [2.75, 3.05) is 13.1 Å². The van der Waals surface area contributed by atoms with Crippen molar-refractivity contribution in [1.82, 2.24) is 4.90 Å². The van der Waals surface area contributed by atoms with Crippen LogP contribution in [0.25, 0.3) is 0 Å². The second-order valence-corrected chi connectivity index (χ2v) is 5.57. The summed E-state index contributed by atoms with van der Waals surface area (Å²) in [5.74, 6) is 0.593. The van der Waals surface area contributed by atoms with Gasteiger partial charge in [-0.1, -0.05) is 44.2 Å². The molecule has 0 heterocycles. The van der Waals surface area contributed by atoms with Crippen molar-refractivity contribution >= 4 is 6.47 Å². The summed E-state index contributed by atoms with van der Waals surface area (Å²) in [7, 11) is 0. The van der Waals surface area contributed by atoms with E-state index in [2.05, 4.69) is 32.6 Å². The lowest BCUT2D eigenvalue weighted by Crippen LogP contribution is -2.38. The van der Waals surface area contributed by atoms with Gasteiger partial charge in [-0.2, -0.15) is 0 Å². The highest BCUT2D eigenvalue weighted by Gasteiger charge is 2.19. The first-order chi connectivity index (χ1) is 9.04. The van der Waals surface area contributed by atoms with E-state index in [9.17, 15) is 4.79 Å². The van der Waals surface area contributed by atoms with E-state index in [1.54, 1.807) is 0 Å². The van der Waals surface area contributed by atoms with E-state index >= 15 is 0 Å². The quantitative estimate of drug-likeness (QED) is 0.674. The van der Waals surface area contributed by atoms with Crippen LogP contribution in [0.3, 0.4) is 0 Å². The lowest BCUT2D eigenvalue weighted by Gasteiger charge is -2.31. The molecule has 0 aliphatic heterocycles. The van der Waals surface area contributed by atoms with Crippen LogP contribution in [-0.2, 0) is 9.53 Å². The maximum atomic E-state index is 10.7. The normalized spacial score (nSPS) is 13.0. The van der Waals surface area contributed by atoms with E-state index in [-0.39, 0.29) is 6.10 Å². The smallest absolute Gasteiger partial charge is 0.293 e. The molecule has 106 valence electrons. The van der Waals surface area contributed by atoms with E-state index in [1.165, 1.54) is 0 Å². The molecule has 0 saturated carbocycles. The van der Waals surface area contributed by atoms with Crippen LogP contribution in [0.15, 0.2) is 30.3 Å². The van der Waals surface area contributed by atoms with Crippen LogP contribution < -0.4 is 0 Å². The monoisotopic (exact) mass is 263 g/mol. The first-order valence-corrected chi connectivity index (χ1v) is 6.92. The summed E-state index contributed by atoms with van der Waals surface area (Å²) in [6.45, 7) is 11.0. The fourth-order valence-electron chi connectivity index (χ4n) is 2.14. The molecule has 0 bridgehead atoms. The molecule has 1 rings (SSSR count). The second kappa shape index (κ2) is 7.95. The lowest BCUT2D eigenvalue weighted by molar-refractivity contribution is -0.135. The third-order valence-corrected chi connectivity index (χ3v) is 3.12. The number of ether oxygens (including phenoxy) is 1. The summed E-state index contributed by atoms with van der Waals surface area (Å²) < 4.78 is 5.27. The molecule has 0 radical (unpaired) electrons. The summed E-state index contributed by atoms with van der Waals surface area (Å²) >= 11 is 0. The molecule has 0 aliphatic rings. The molecular formula is C16H25NO2. The Morgan fingerprint density at radius 3 is 2.21 bits per heavy atom. The van der Waals surface area contributed by atoms with Gasteiger partial charge in [-0.05, 0) is 25.3 Å². The molecule has 0 unspecified atom stereocenters. The minimum absolute atomic E-state index is 0.195. The topological polar surface area (TPSA) is 29.5 Å². The highest BCUT2D eigenvalue weighted by molar-refractivity contribution is 5.38. The zero-order valence-corrected chi connectivity index (χ0v) is 12.4. The molecule has 0 N–H and O–H groups in total. The molecular weight excluding hydrogens is 238 g/mol. The predicted molar refractivity (Wildman–Crippen MR) is 77.9 cm³/mol. The Labute approximate surface area is 116 Å². The molecule has 0 spiro atoms. The number of rotatable bonds is 8. The number of benzene rings is 1. The van der Waals surface area contributed by atoms with Crippen LogP contribution in [-0.4, -0.2) is 30.5 Å². The van der Waals surface area contributed by atoms with Crippen molar-refractivity contribution in [2.45, 2.75) is 39.8 Å². The van der Waals surface area contributed by atoms with E-state index < -0.39 is 0 Å². The van der Waals surface area contributed by atoms with E-state index in [0.29, 0.717) is 18.4 Å². The molecule has 3 nitrogen and oxygen atoms in total. The molecule has 1 aromatic carbocycles. The second-order valence-electron chi connectivity index (χ2n) is 5.57. The van der Waals surface area contributed by atoms with Gasteiger partial charge < -0.3 is 4.74 Å². The van der Waals surface area contributed by atoms with Crippen molar-refractivity contribution in [2.24, 2.45) is 5.92 Å². The van der Waals surface area contributed by atoms with Crippen molar-refractivity contribution in [3.63, 3.8) is 0 Å². The summed E-state index contributed by atoms with van der Waals surface area (Å²) in [5.41, 5.74) is 1.05. The maximum absolute atomic E-state index is 10.7. The van der Waals surface area contributed by atoms with E-state index in [4.69, 9.17) is 4.74 Å². The first-order valence-electron chi connectivity index (χ1n) is 6.92. The summed E-state index contributed by atoms with van der Waals surface area (Å²) in [6, 6.07) is 10.3. The van der Waals surface area contributed by atoms with E-state index in [1.807, 2.05) is 30.3 Å².